The van der Waals surface area contributed by atoms with E-state index in [0.29, 0.717) is 59.1 Å². The average Bonchev–Trinajstić information content (AvgIpc) is 2.90. The third-order valence-electron chi connectivity index (χ3n) is 5.66. The van der Waals surface area contributed by atoms with E-state index in [0.717, 1.165) is 22.4 Å². The highest BCUT2D eigenvalue weighted by molar-refractivity contribution is 5.87. The van der Waals surface area contributed by atoms with Crippen LogP contribution in [0.15, 0.2) is 35.1 Å². The standard InChI is InChI=1S/C26H29N5O6/c1-14-9-16(24-28-18-11-17(33-3)12-19(34-4)22(18)25(32)31-24)10-15(2)23(14)37-8-7-27-26-29-20(35-5)13-21(30-26)36-6/h9-13H,7-8H2,1-6H3,(H,27,29,30)(H,28,31,32). The van der Waals surface area contributed by atoms with Gasteiger partial charge in [0.05, 0.1) is 46.6 Å². The molecule has 0 aliphatic carbocycles. The molecule has 11 nitrogen and oxygen atoms in total. The Hall–Kier alpha value is -4.54. The molecule has 0 atom stereocenters. The number of hydrogen-bond donors (Lipinski definition) is 2. The van der Waals surface area contributed by atoms with Gasteiger partial charge >= 0.3 is 0 Å². The van der Waals surface area contributed by atoms with Gasteiger partial charge in [0.15, 0.2) is 0 Å². The molecular formula is C26H29N5O6. The minimum atomic E-state index is -0.294. The number of nitrogens with one attached hydrogen (secondary N) is 2. The van der Waals surface area contributed by atoms with Gasteiger partial charge in [-0.3, -0.25) is 4.79 Å². The van der Waals surface area contributed by atoms with E-state index in [2.05, 4.69) is 25.3 Å². The molecule has 0 aliphatic rings. The summed E-state index contributed by atoms with van der Waals surface area (Å²) in [6, 6.07) is 8.81. The van der Waals surface area contributed by atoms with E-state index < -0.39 is 0 Å². The Bertz CT molecular complexity index is 1440. The SMILES string of the molecule is COc1cc(OC)c2c(=O)[nH]c(-c3cc(C)c(OCCNc4nc(OC)cc(OC)n4)c(C)c3)nc2c1. The monoisotopic (exact) mass is 507 g/mol. The summed E-state index contributed by atoms with van der Waals surface area (Å²) in [4.78, 5) is 28.9. The third kappa shape index (κ3) is 5.50. The lowest BCUT2D eigenvalue weighted by Gasteiger charge is -2.15. The van der Waals surface area contributed by atoms with Crippen LogP contribution in [0.3, 0.4) is 0 Å². The lowest BCUT2D eigenvalue weighted by Crippen LogP contribution is -2.15. The first-order valence-electron chi connectivity index (χ1n) is 11.5. The maximum absolute atomic E-state index is 12.9. The molecule has 0 aliphatic heterocycles. The fraction of sp³-hybridized carbons (Fsp3) is 0.308. The van der Waals surface area contributed by atoms with Gasteiger partial charge in [-0.2, -0.15) is 9.97 Å². The van der Waals surface area contributed by atoms with Gasteiger partial charge in [0.1, 0.15) is 35.1 Å². The number of H-pyrrole nitrogens is 1. The molecule has 0 saturated heterocycles. The van der Waals surface area contributed by atoms with Crippen molar-refractivity contribution < 1.29 is 23.7 Å². The van der Waals surface area contributed by atoms with Gasteiger partial charge in [-0.25, -0.2) is 4.98 Å². The van der Waals surface area contributed by atoms with Crippen molar-refractivity contribution in [1.82, 2.24) is 19.9 Å². The van der Waals surface area contributed by atoms with E-state index in [9.17, 15) is 4.79 Å². The molecule has 4 aromatic rings. The summed E-state index contributed by atoms with van der Waals surface area (Å²) < 4.78 is 27.1. The van der Waals surface area contributed by atoms with E-state index in [1.165, 1.54) is 21.3 Å². The van der Waals surface area contributed by atoms with Crippen molar-refractivity contribution in [2.24, 2.45) is 0 Å². The summed E-state index contributed by atoms with van der Waals surface area (Å²) in [6.07, 6.45) is 0. The molecule has 0 saturated carbocycles. The number of fused-ring (bicyclic) bond motifs is 1. The van der Waals surface area contributed by atoms with Gasteiger partial charge in [0.25, 0.3) is 5.56 Å². The Morgan fingerprint density at radius 3 is 2.11 bits per heavy atom. The molecule has 0 fully saturated rings. The van der Waals surface area contributed by atoms with Gasteiger partial charge in [-0.15, -0.1) is 0 Å². The minimum absolute atomic E-state index is 0.294. The highest BCUT2D eigenvalue weighted by Crippen LogP contribution is 2.31. The quantitative estimate of drug-likeness (QED) is 0.308. The molecule has 2 aromatic heterocycles. The Balaban J connectivity index is 1.53. The first-order chi connectivity index (χ1) is 17.9. The number of benzene rings is 2. The topological polar surface area (TPSA) is 130 Å². The van der Waals surface area contributed by atoms with Crippen LogP contribution in [0.1, 0.15) is 11.1 Å². The van der Waals surface area contributed by atoms with Gasteiger partial charge < -0.3 is 34.0 Å². The number of rotatable bonds is 10. The van der Waals surface area contributed by atoms with Crippen LogP contribution in [0.5, 0.6) is 29.0 Å². The van der Waals surface area contributed by atoms with Gasteiger partial charge in [0.2, 0.25) is 17.7 Å². The normalized spacial score (nSPS) is 10.8. The Labute approximate surface area is 213 Å². The van der Waals surface area contributed by atoms with Crippen molar-refractivity contribution in [3.63, 3.8) is 0 Å². The Morgan fingerprint density at radius 1 is 0.838 bits per heavy atom. The summed E-state index contributed by atoms with van der Waals surface area (Å²) >= 11 is 0. The average molecular weight is 508 g/mol. The van der Waals surface area contributed by atoms with Crippen LogP contribution in [0.2, 0.25) is 0 Å². The lowest BCUT2D eigenvalue weighted by molar-refractivity contribution is 0.327. The maximum atomic E-state index is 12.9. The van der Waals surface area contributed by atoms with Crippen molar-refractivity contribution in [2.45, 2.75) is 13.8 Å². The number of aromatic amines is 1. The van der Waals surface area contributed by atoms with E-state index in [1.54, 1.807) is 25.3 Å². The molecule has 0 spiro atoms. The molecule has 2 aromatic carbocycles. The zero-order valence-corrected chi connectivity index (χ0v) is 21.6. The Morgan fingerprint density at radius 2 is 1.51 bits per heavy atom. The fourth-order valence-electron chi connectivity index (χ4n) is 3.95. The van der Waals surface area contributed by atoms with Crippen molar-refractivity contribution >= 4 is 16.9 Å². The second-order valence-corrected chi connectivity index (χ2v) is 8.13. The zero-order valence-electron chi connectivity index (χ0n) is 21.6. The zero-order chi connectivity index (χ0) is 26.5. The van der Waals surface area contributed by atoms with Crippen LogP contribution in [-0.4, -0.2) is 61.5 Å². The molecule has 0 unspecified atom stereocenters. The van der Waals surface area contributed by atoms with E-state index in [1.807, 2.05) is 26.0 Å². The van der Waals surface area contributed by atoms with Crippen molar-refractivity contribution in [2.75, 3.05) is 46.9 Å². The van der Waals surface area contributed by atoms with E-state index in [-0.39, 0.29) is 5.56 Å². The van der Waals surface area contributed by atoms with E-state index in [4.69, 9.17) is 23.7 Å². The van der Waals surface area contributed by atoms with Crippen LogP contribution >= 0.6 is 0 Å². The number of nitrogens with zero attached hydrogens (tertiary/aromatic N) is 3. The number of anilines is 1. The second-order valence-electron chi connectivity index (χ2n) is 8.13. The number of ether oxygens (including phenoxy) is 5. The van der Waals surface area contributed by atoms with Crippen LogP contribution in [-0.2, 0) is 0 Å². The van der Waals surface area contributed by atoms with Crippen LogP contribution in [0, 0.1) is 13.8 Å². The fourth-order valence-corrected chi connectivity index (χ4v) is 3.95. The minimum Gasteiger partial charge on any atom is -0.497 e. The first kappa shape index (κ1) is 25.5. The molecule has 2 heterocycles. The summed E-state index contributed by atoms with van der Waals surface area (Å²) in [5.74, 6) is 3.32. The maximum Gasteiger partial charge on any atom is 0.262 e. The smallest absolute Gasteiger partial charge is 0.262 e. The molecular weight excluding hydrogens is 478 g/mol. The molecule has 4 rings (SSSR count). The molecule has 0 bridgehead atoms. The molecule has 2 N–H and O–H groups in total. The van der Waals surface area contributed by atoms with Crippen LogP contribution in [0.4, 0.5) is 5.95 Å². The van der Waals surface area contributed by atoms with E-state index >= 15 is 0 Å². The summed E-state index contributed by atoms with van der Waals surface area (Å²) in [7, 11) is 6.11. The number of methoxy groups -OCH3 is 4. The van der Waals surface area contributed by atoms with Gasteiger partial charge in [-0.1, -0.05) is 0 Å². The molecule has 194 valence electrons. The first-order valence-corrected chi connectivity index (χ1v) is 11.5. The number of aryl methyl sites for hydroxylation is 2. The summed E-state index contributed by atoms with van der Waals surface area (Å²) in [5, 5.41) is 3.47. The highest BCUT2D eigenvalue weighted by Gasteiger charge is 2.15. The van der Waals surface area contributed by atoms with Crippen molar-refractivity contribution in [3.8, 4) is 40.4 Å². The number of hydrogen-bond acceptors (Lipinski definition) is 10. The molecule has 0 radical (unpaired) electrons. The molecule has 37 heavy (non-hydrogen) atoms. The highest BCUT2D eigenvalue weighted by atomic mass is 16.5. The van der Waals surface area contributed by atoms with Gasteiger partial charge in [0, 0.05) is 17.7 Å². The predicted molar refractivity (Wildman–Crippen MR) is 139 cm³/mol. The van der Waals surface area contributed by atoms with Crippen molar-refractivity contribution in [3.05, 3.63) is 51.8 Å². The third-order valence-corrected chi connectivity index (χ3v) is 5.66. The summed E-state index contributed by atoms with van der Waals surface area (Å²) in [6.45, 7) is 4.72. The van der Waals surface area contributed by atoms with Crippen LogP contribution in [0.25, 0.3) is 22.3 Å². The molecule has 0 amide bonds. The van der Waals surface area contributed by atoms with Gasteiger partial charge in [-0.05, 0) is 37.1 Å². The number of aromatic nitrogens is 4. The van der Waals surface area contributed by atoms with Crippen molar-refractivity contribution in [1.29, 1.82) is 0 Å². The second kappa shape index (κ2) is 11.0. The molecule has 11 heteroatoms. The lowest BCUT2D eigenvalue weighted by atomic mass is 10.0. The predicted octanol–water partition coefficient (Wildman–Crippen LogP) is 3.52. The summed E-state index contributed by atoms with van der Waals surface area (Å²) in [5.41, 5.74) is 2.75. The Kier molecular flexibility index (Phi) is 7.61. The van der Waals surface area contributed by atoms with Crippen LogP contribution < -0.4 is 34.6 Å². The largest absolute Gasteiger partial charge is 0.497 e.